The lowest BCUT2D eigenvalue weighted by Gasteiger charge is -2.13. The number of nitrogens with zero attached hydrogens (tertiary/aromatic N) is 1. The molecule has 0 radical (unpaired) electrons. The first-order valence-corrected chi connectivity index (χ1v) is 5.82. The van der Waals surface area contributed by atoms with Crippen LogP contribution >= 0.6 is 15.9 Å². The maximum Gasteiger partial charge on any atom is 0.0542 e. The largest absolute Gasteiger partial charge is 0.307 e. The van der Waals surface area contributed by atoms with E-state index in [2.05, 4.69) is 39.1 Å². The molecular formula is C12H15BrN2. The Morgan fingerprint density at radius 1 is 1.60 bits per heavy atom. The summed E-state index contributed by atoms with van der Waals surface area (Å²) >= 11 is 3.35. The lowest BCUT2D eigenvalue weighted by Crippen LogP contribution is -2.27. The van der Waals surface area contributed by atoms with Gasteiger partial charge in [-0.2, -0.15) is 0 Å². The molecule has 1 N–H and O–H groups in total. The number of rotatable bonds is 5. The highest BCUT2D eigenvalue weighted by Gasteiger charge is 2.03. The van der Waals surface area contributed by atoms with Crippen LogP contribution < -0.4 is 5.32 Å². The summed E-state index contributed by atoms with van der Waals surface area (Å²) < 4.78 is 1.00. The van der Waals surface area contributed by atoms with Gasteiger partial charge in [0.25, 0.3) is 0 Å². The molecule has 15 heavy (non-hydrogen) atoms. The number of terminal acetylenes is 1. The van der Waals surface area contributed by atoms with Crippen LogP contribution in [0.4, 0.5) is 0 Å². The van der Waals surface area contributed by atoms with Crippen molar-refractivity contribution in [3.8, 4) is 12.3 Å². The Bertz CT molecular complexity index is 326. The number of hydrogen-bond acceptors (Lipinski definition) is 2. The van der Waals surface area contributed by atoms with Crippen molar-refractivity contribution >= 4 is 15.9 Å². The quantitative estimate of drug-likeness (QED) is 0.830. The van der Waals surface area contributed by atoms with Crippen LogP contribution in [0.5, 0.6) is 0 Å². The van der Waals surface area contributed by atoms with E-state index >= 15 is 0 Å². The van der Waals surface area contributed by atoms with Crippen molar-refractivity contribution in [2.45, 2.75) is 32.4 Å². The van der Waals surface area contributed by atoms with E-state index in [0.29, 0.717) is 6.04 Å². The fourth-order valence-electron chi connectivity index (χ4n) is 1.26. The highest BCUT2D eigenvalue weighted by atomic mass is 79.9. The Kier molecular flexibility index (Phi) is 5.38. The van der Waals surface area contributed by atoms with E-state index in [-0.39, 0.29) is 0 Å². The van der Waals surface area contributed by atoms with Gasteiger partial charge in [-0.15, -0.1) is 12.3 Å². The van der Waals surface area contributed by atoms with Gasteiger partial charge in [-0.25, -0.2) is 0 Å². The Balaban J connectivity index is 2.42. The maximum atomic E-state index is 5.28. The van der Waals surface area contributed by atoms with Crippen molar-refractivity contribution in [2.24, 2.45) is 0 Å². The van der Waals surface area contributed by atoms with Crippen LogP contribution in [0.3, 0.4) is 0 Å². The number of pyridine rings is 1. The molecule has 1 heterocycles. The molecule has 0 spiro atoms. The highest BCUT2D eigenvalue weighted by molar-refractivity contribution is 9.10. The molecule has 0 saturated heterocycles. The molecule has 0 aliphatic heterocycles. The number of aromatic nitrogens is 1. The molecule has 2 nitrogen and oxygen atoms in total. The van der Waals surface area contributed by atoms with Crippen LogP contribution in [0.25, 0.3) is 0 Å². The van der Waals surface area contributed by atoms with Gasteiger partial charge >= 0.3 is 0 Å². The normalized spacial score (nSPS) is 12.1. The zero-order valence-corrected chi connectivity index (χ0v) is 10.4. The molecule has 1 aromatic heterocycles. The lowest BCUT2D eigenvalue weighted by atomic mass is 10.1. The van der Waals surface area contributed by atoms with Gasteiger partial charge in [0.1, 0.15) is 0 Å². The molecule has 0 bridgehead atoms. The first-order chi connectivity index (χ1) is 7.26. The minimum absolute atomic E-state index is 0.389. The fraction of sp³-hybridized carbons (Fsp3) is 0.417. The Labute approximate surface area is 99.6 Å². The van der Waals surface area contributed by atoms with Crippen molar-refractivity contribution in [2.75, 3.05) is 0 Å². The number of halogens is 1. The second-order valence-electron chi connectivity index (χ2n) is 3.36. The third-order valence-electron chi connectivity index (χ3n) is 2.22. The lowest BCUT2D eigenvalue weighted by molar-refractivity contribution is 0.502. The minimum atomic E-state index is 0.389. The first kappa shape index (κ1) is 12.2. The average Bonchev–Trinajstić information content (AvgIpc) is 2.26. The molecule has 1 atom stereocenters. The van der Waals surface area contributed by atoms with Crippen molar-refractivity contribution in [1.82, 2.24) is 10.3 Å². The van der Waals surface area contributed by atoms with E-state index in [1.165, 1.54) is 0 Å². The average molecular weight is 267 g/mol. The standard InChI is InChI=1S/C12H15BrN2/c1-3-5-11(4-2)15-9-12-7-6-10(13)8-14-12/h1,6-8,11,15H,4-5,9H2,2H3. The van der Waals surface area contributed by atoms with Crippen LogP contribution in [0, 0.1) is 12.3 Å². The molecule has 0 aromatic carbocycles. The van der Waals surface area contributed by atoms with Gasteiger partial charge < -0.3 is 5.32 Å². The van der Waals surface area contributed by atoms with E-state index in [0.717, 1.165) is 29.6 Å². The van der Waals surface area contributed by atoms with Crippen molar-refractivity contribution in [1.29, 1.82) is 0 Å². The van der Waals surface area contributed by atoms with E-state index in [9.17, 15) is 0 Å². The molecular weight excluding hydrogens is 252 g/mol. The Morgan fingerprint density at radius 3 is 2.93 bits per heavy atom. The first-order valence-electron chi connectivity index (χ1n) is 5.03. The van der Waals surface area contributed by atoms with Crippen LogP contribution in [0.1, 0.15) is 25.5 Å². The summed E-state index contributed by atoms with van der Waals surface area (Å²) in [6.07, 6.45) is 8.90. The van der Waals surface area contributed by atoms with E-state index in [1.807, 2.05) is 12.1 Å². The van der Waals surface area contributed by atoms with Gasteiger partial charge in [0.2, 0.25) is 0 Å². The molecule has 0 aliphatic rings. The molecule has 1 aromatic rings. The maximum absolute atomic E-state index is 5.28. The second kappa shape index (κ2) is 6.60. The van der Waals surface area contributed by atoms with Gasteiger partial charge in [0.05, 0.1) is 5.69 Å². The van der Waals surface area contributed by atoms with Crippen LogP contribution in [-0.2, 0) is 6.54 Å². The number of hydrogen-bond donors (Lipinski definition) is 1. The molecule has 0 fully saturated rings. The summed E-state index contributed by atoms with van der Waals surface area (Å²) in [6.45, 7) is 2.90. The molecule has 1 rings (SSSR count). The number of nitrogens with one attached hydrogen (secondary N) is 1. The van der Waals surface area contributed by atoms with Crippen LogP contribution in [0.15, 0.2) is 22.8 Å². The molecule has 3 heteroatoms. The van der Waals surface area contributed by atoms with Gasteiger partial charge in [-0.05, 0) is 34.5 Å². The van der Waals surface area contributed by atoms with E-state index in [4.69, 9.17) is 6.42 Å². The van der Waals surface area contributed by atoms with Crippen LogP contribution in [0.2, 0.25) is 0 Å². The summed E-state index contributed by atoms with van der Waals surface area (Å²) in [4.78, 5) is 4.28. The van der Waals surface area contributed by atoms with Gasteiger partial charge in [-0.3, -0.25) is 4.98 Å². The van der Waals surface area contributed by atoms with Gasteiger partial charge in [0.15, 0.2) is 0 Å². The molecule has 0 amide bonds. The Morgan fingerprint density at radius 2 is 2.40 bits per heavy atom. The highest BCUT2D eigenvalue weighted by Crippen LogP contribution is 2.07. The predicted molar refractivity (Wildman–Crippen MR) is 66.3 cm³/mol. The Hall–Kier alpha value is -0.850. The molecule has 1 unspecified atom stereocenters. The van der Waals surface area contributed by atoms with Crippen molar-refractivity contribution < 1.29 is 0 Å². The summed E-state index contributed by atoms with van der Waals surface area (Å²) in [5.74, 6) is 2.67. The third kappa shape index (κ3) is 4.46. The SMILES string of the molecule is C#CCC(CC)NCc1ccc(Br)cn1. The smallest absolute Gasteiger partial charge is 0.0542 e. The van der Waals surface area contributed by atoms with Gasteiger partial charge in [0, 0.05) is 29.7 Å². The van der Waals surface area contributed by atoms with E-state index < -0.39 is 0 Å². The third-order valence-corrected chi connectivity index (χ3v) is 2.69. The van der Waals surface area contributed by atoms with Crippen LogP contribution in [-0.4, -0.2) is 11.0 Å². The minimum Gasteiger partial charge on any atom is -0.307 e. The second-order valence-corrected chi connectivity index (χ2v) is 4.28. The molecule has 0 saturated carbocycles. The topological polar surface area (TPSA) is 24.9 Å². The molecule has 80 valence electrons. The van der Waals surface area contributed by atoms with Gasteiger partial charge in [-0.1, -0.05) is 6.92 Å². The van der Waals surface area contributed by atoms with Crippen molar-refractivity contribution in [3.63, 3.8) is 0 Å². The fourth-order valence-corrected chi connectivity index (χ4v) is 1.50. The van der Waals surface area contributed by atoms with E-state index in [1.54, 1.807) is 6.20 Å². The summed E-state index contributed by atoms with van der Waals surface area (Å²) in [5.41, 5.74) is 1.04. The predicted octanol–water partition coefficient (Wildman–Crippen LogP) is 2.74. The zero-order valence-electron chi connectivity index (χ0n) is 8.83. The summed E-state index contributed by atoms with van der Waals surface area (Å²) in [7, 11) is 0. The monoisotopic (exact) mass is 266 g/mol. The molecule has 0 aliphatic carbocycles. The summed E-state index contributed by atoms with van der Waals surface area (Å²) in [5, 5.41) is 3.39. The zero-order chi connectivity index (χ0) is 11.1. The summed E-state index contributed by atoms with van der Waals surface area (Å²) in [6, 6.07) is 4.38. The van der Waals surface area contributed by atoms with Crippen molar-refractivity contribution in [3.05, 3.63) is 28.5 Å².